The van der Waals surface area contributed by atoms with Crippen LogP contribution < -0.4 is 19.1 Å². The minimum atomic E-state index is -4.16. The maximum Gasteiger partial charge on any atom is 0.253 e. The summed E-state index contributed by atoms with van der Waals surface area (Å²) < 4.78 is 108. The Balaban J connectivity index is 0.000000212. The molecule has 378 valence electrons. The zero-order valence-corrected chi connectivity index (χ0v) is 40.4. The number of ether oxygens (including phenoxy) is 1. The lowest BCUT2D eigenvalue weighted by Crippen LogP contribution is -2.36. The first-order valence-electron chi connectivity index (χ1n) is 21.1. The van der Waals surface area contributed by atoms with E-state index in [9.17, 15) is 43.6 Å². The molecule has 0 bridgehead atoms. The van der Waals surface area contributed by atoms with Crippen LogP contribution in [0.25, 0.3) is 33.2 Å². The van der Waals surface area contributed by atoms with E-state index in [4.69, 9.17) is 4.74 Å². The third-order valence-corrected chi connectivity index (χ3v) is 13.9. The summed E-state index contributed by atoms with van der Waals surface area (Å²) in [6.07, 6.45) is 16.8. The van der Waals surface area contributed by atoms with Gasteiger partial charge in [-0.2, -0.15) is 10.2 Å². The van der Waals surface area contributed by atoms with Crippen molar-refractivity contribution in [2.24, 2.45) is 0 Å². The van der Waals surface area contributed by atoms with Gasteiger partial charge < -0.3 is 15.4 Å². The van der Waals surface area contributed by atoms with Crippen LogP contribution in [0.2, 0.25) is 0 Å². The first-order chi connectivity index (χ1) is 33.7. The normalized spacial score (nSPS) is 12.4. The molecule has 1 saturated heterocycles. The molecule has 0 aliphatic carbocycles. The summed E-state index contributed by atoms with van der Waals surface area (Å²) in [5.41, 5.74) is 4.01. The molecule has 0 saturated carbocycles. The maximum absolute atomic E-state index is 13.3. The summed E-state index contributed by atoms with van der Waals surface area (Å²) in [6.45, 7) is 2.11. The molecule has 6 aromatic heterocycles. The first-order valence-corrected chi connectivity index (χ1v) is 26.7. The molecule has 9 rings (SSSR count). The molecule has 26 heteroatoms. The lowest BCUT2D eigenvalue weighted by molar-refractivity contribution is 0.0944. The van der Waals surface area contributed by atoms with Crippen molar-refractivity contribution in [2.45, 2.75) is 33.4 Å². The van der Waals surface area contributed by atoms with E-state index in [1.54, 1.807) is 47.4 Å². The number of rotatable bonds is 13. The quantitative estimate of drug-likeness (QED) is 0.132. The third kappa shape index (κ3) is 13.7. The highest BCUT2D eigenvalue weighted by Gasteiger charge is 2.29. The maximum atomic E-state index is 13.3. The monoisotopic (exact) mass is 1050 g/mol. The Hall–Kier alpha value is -7.81. The average Bonchev–Trinajstić information content (AvgIpc) is 4.13. The van der Waals surface area contributed by atoms with E-state index < -0.39 is 36.0 Å². The number of amides is 2. The van der Waals surface area contributed by atoms with Gasteiger partial charge in [0, 0.05) is 61.9 Å². The molecule has 0 spiro atoms. The fourth-order valence-corrected chi connectivity index (χ4v) is 10.3. The molecule has 1 aliphatic rings. The van der Waals surface area contributed by atoms with Crippen molar-refractivity contribution in [2.75, 3.05) is 40.4 Å². The van der Waals surface area contributed by atoms with Gasteiger partial charge >= 0.3 is 0 Å². The summed E-state index contributed by atoms with van der Waals surface area (Å²) in [6, 6.07) is 17.5. The smallest absolute Gasteiger partial charge is 0.253 e. The van der Waals surface area contributed by atoms with Gasteiger partial charge in [0.2, 0.25) is 30.1 Å². The van der Waals surface area contributed by atoms with Gasteiger partial charge in [-0.25, -0.2) is 53.4 Å². The summed E-state index contributed by atoms with van der Waals surface area (Å²) in [5, 5.41) is 15.2. The van der Waals surface area contributed by atoms with E-state index in [2.05, 4.69) is 45.5 Å². The number of nitrogens with zero attached hydrogens (tertiary/aromatic N) is 9. The number of carbonyl (C=O) groups excluding carboxylic acids is 2. The molecule has 8 aromatic rings. The second-order valence-electron chi connectivity index (χ2n) is 15.7. The Morgan fingerprint density at radius 1 is 0.625 bits per heavy atom. The van der Waals surface area contributed by atoms with Crippen LogP contribution in [0, 0.1) is 11.6 Å². The Bertz CT molecular complexity index is 3520. The molecule has 3 N–H and O–H groups in total. The predicted molar refractivity (Wildman–Crippen MR) is 266 cm³/mol. The van der Waals surface area contributed by atoms with Crippen LogP contribution in [0.3, 0.4) is 0 Å². The van der Waals surface area contributed by atoms with Crippen LogP contribution in [-0.2, 0) is 47.9 Å². The van der Waals surface area contributed by atoms with Crippen LogP contribution in [-0.4, -0.2) is 109 Å². The molecule has 0 unspecified atom stereocenters. The van der Waals surface area contributed by atoms with Gasteiger partial charge in [0.05, 0.1) is 77.1 Å². The molecule has 21 nitrogen and oxygen atoms in total. The standard InChI is InChI=1S/C21H19FN6O5S2.C20H17FN6O3S.C4H8O.CH4/c1-34(30,31)28(35(2,32)33)20-9-14(7-8-24-20)10-25-21(29)18-11-23-13-19-17(18)12-26-27(19)16-5-3-15(22)4-6-16;1-31(29,30)26-19-8-13(6-7-23-19)9-24-20(28)17-10-22-12-18-16(17)11-25-27(18)15-4-2-14(21)3-5-15;1-2-4-5-3-1;/h3-9,11-13H,10H2,1-2H3,(H,25,29);2-8,10-12H,9H2,1H3,(H,23,26)(H,24,28);1-4H2;1H4. The highest BCUT2D eigenvalue weighted by Crippen LogP contribution is 2.24. The van der Waals surface area contributed by atoms with Crippen molar-refractivity contribution in [1.82, 2.24) is 50.1 Å². The molecule has 7 heterocycles. The zero-order valence-electron chi connectivity index (χ0n) is 38.0. The van der Waals surface area contributed by atoms with Crippen molar-refractivity contribution in [3.8, 4) is 11.4 Å². The van der Waals surface area contributed by atoms with Crippen molar-refractivity contribution in [1.29, 1.82) is 0 Å². The number of fused-ring (bicyclic) bond motifs is 2. The van der Waals surface area contributed by atoms with Crippen molar-refractivity contribution in [3.05, 3.63) is 156 Å². The Labute approximate surface area is 413 Å². The summed E-state index contributed by atoms with van der Waals surface area (Å²) in [5.74, 6) is -1.75. The van der Waals surface area contributed by atoms with Crippen LogP contribution in [0.15, 0.2) is 122 Å². The van der Waals surface area contributed by atoms with Gasteiger partial charge in [0.1, 0.15) is 17.5 Å². The lowest BCUT2D eigenvalue weighted by Gasteiger charge is -2.19. The number of anilines is 2. The number of pyridine rings is 4. The highest BCUT2D eigenvalue weighted by molar-refractivity contribution is 8.09. The number of nitrogens with one attached hydrogen (secondary N) is 3. The van der Waals surface area contributed by atoms with Gasteiger partial charge in [-0.05, 0) is 96.8 Å². The number of carbonyl (C=O) groups is 2. The Morgan fingerprint density at radius 3 is 1.49 bits per heavy atom. The number of hydrogen-bond donors (Lipinski definition) is 3. The molecule has 2 amide bonds. The number of sulfonamides is 3. The zero-order chi connectivity index (χ0) is 50.9. The van der Waals surface area contributed by atoms with Gasteiger partial charge in [0.15, 0.2) is 5.82 Å². The van der Waals surface area contributed by atoms with Crippen LogP contribution in [0.5, 0.6) is 0 Å². The summed E-state index contributed by atoms with van der Waals surface area (Å²) in [4.78, 5) is 41.7. The van der Waals surface area contributed by atoms with Crippen molar-refractivity contribution in [3.63, 3.8) is 0 Å². The molecular weight excluding hydrogens is 999 g/mol. The van der Waals surface area contributed by atoms with E-state index in [-0.39, 0.29) is 59.0 Å². The fourth-order valence-electron chi connectivity index (χ4n) is 6.97. The molecule has 72 heavy (non-hydrogen) atoms. The van der Waals surface area contributed by atoms with Crippen LogP contribution >= 0.6 is 0 Å². The number of aromatic nitrogens is 8. The van der Waals surface area contributed by atoms with E-state index in [0.717, 1.165) is 32.0 Å². The SMILES string of the molecule is C.C1CCOC1.CS(=O)(=O)N(c1cc(CNC(=O)c2cncc3c2cnn3-c2ccc(F)cc2)ccn1)S(C)(=O)=O.CS(=O)(=O)Nc1cc(CNC(=O)c2cncc3c2cnn3-c2ccc(F)cc2)ccn1. The summed E-state index contributed by atoms with van der Waals surface area (Å²) >= 11 is 0. The van der Waals surface area contributed by atoms with Gasteiger partial charge in [-0.3, -0.25) is 24.3 Å². The number of hydrogen-bond acceptors (Lipinski definition) is 15. The molecule has 1 aliphatic heterocycles. The second-order valence-corrected chi connectivity index (χ2v) is 21.3. The topological polar surface area (TPSA) is 272 Å². The van der Waals surface area contributed by atoms with Gasteiger partial charge in [-0.15, -0.1) is 3.71 Å². The van der Waals surface area contributed by atoms with E-state index >= 15 is 0 Å². The molecule has 1 fully saturated rings. The van der Waals surface area contributed by atoms with Crippen LogP contribution in [0.4, 0.5) is 20.4 Å². The fraction of sp³-hybridized carbons (Fsp3) is 0.217. The molecule has 0 atom stereocenters. The average molecular weight is 1050 g/mol. The van der Waals surface area contributed by atoms with E-state index in [0.29, 0.717) is 49.9 Å². The first kappa shape index (κ1) is 53.5. The minimum absolute atomic E-state index is 0. The molecule has 2 aromatic carbocycles. The Kier molecular flexibility index (Phi) is 17.1. The van der Waals surface area contributed by atoms with Gasteiger partial charge in [-0.1, -0.05) is 7.43 Å². The number of halogens is 2. The largest absolute Gasteiger partial charge is 0.381 e. The molecular formula is C46H48F2N12O9S3. The highest BCUT2D eigenvalue weighted by atomic mass is 32.3. The minimum Gasteiger partial charge on any atom is -0.381 e. The van der Waals surface area contributed by atoms with Crippen molar-refractivity contribution < 1.29 is 48.4 Å². The van der Waals surface area contributed by atoms with E-state index in [1.165, 1.54) is 97.2 Å². The Morgan fingerprint density at radius 2 is 1.07 bits per heavy atom. The van der Waals surface area contributed by atoms with E-state index in [1.807, 2.05) is 0 Å². The van der Waals surface area contributed by atoms with Crippen LogP contribution in [0.1, 0.15) is 52.1 Å². The van der Waals surface area contributed by atoms with Gasteiger partial charge in [0.25, 0.3) is 11.8 Å². The second kappa shape index (κ2) is 23.0. The number of benzene rings is 2. The summed E-state index contributed by atoms with van der Waals surface area (Å²) in [7, 11) is -11.8. The predicted octanol–water partition coefficient (Wildman–Crippen LogP) is 5.30. The lowest BCUT2D eigenvalue weighted by atomic mass is 10.1. The van der Waals surface area contributed by atoms with Crippen molar-refractivity contribution >= 4 is 75.3 Å². The third-order valence-electron chi connectivity index (χ3n) is 10.1. The molecule has 0 radical (unpaired) electrons.